The second kappa shape index (κ2) is 6.72. The summed E-state index contributed by atoms with van der Waals surface area (Å²) in [6, 6.07) is 8.77. The molecule has 1 N–H and O–H groups in total. The van der Waals surface area contributed by atoms with E-state index in [-0.39, 0.29) is 18.0 Å². The summed E-state index contributed by atoms with van der Waals surface area (Å²) in [5, 5.41) is 3.61. The van der Waals surface area contributed by atoms with Gasteiger partial charge in [0.05, 0.1) is 14.2 Å². The van der Waals surface area contributed by atoms with E-state index in [4.69, 9.17) is 9.47 Å². The van der Waals surface area contributed by atoms with Gasteiger partial charge < -0.3 is 23.9 Å². The van der Waals surface area contributed by atoms with Crippen LogP contribution in [0.5, 0.6) is 11.5 Å². The summed E-state index contributed by atoms with van der Waals surface area (Å²) in [5.74, 6) is 0.788. The molecule has 0 radical (unpaired) electrons. The molecule has 130 valence electrons. The predicted molar refractivity (Wildman–Crippen MR) is 95.4 cm³/mol. The molecule has 7 heteroatoms. The van der Waals surface area contributed by atoms with Crippen LogP contribution in [-0.2, 0) is 18.4 Å². The Morgan fingerprint density at radius 2 is 1.80 bits per heavy atom. The molecule has 0 aliphatic heterocycles. The van der Waals surface area contributed by atoms with Gasteiger partial charge in [0.2, 0.25) is 5.91 Å². The van der Waals surface area contributed by atoms with Crippen LogP contribution in [0.25, 0.3) is 10.9 Å². The van der Waals surface area contributed by atoms with Crippen molar-refractivity contribution in [2.24, 2.45) is 7.05 Å². The average Bonchev–Trinajstić information content (AvgIpc) is 2.99. The van der Waals surface area contributed by atoms with Crippen molar-refractivity contribution in [3.05, 3.63) is 53.1 Å². The second-order valence-corrected chi connectivity index (χ2v) is 5.60. The molecule has 1 aromatic carbocycles. The fourth-order valence-electron chi connectivity index (χ4n) is 2.73. The summed E-state index contributed by atoms with van der Waals surface area (Å²) in [7, 11) is 4.87. The lowest BCUT2D eigenvalue weighted by Crippen LogP contribution is -2.27. The first-order chi connectivity index (χ1) is 12.0. The molecule has 0 saturated heterocycles. The molecule has 0 bridgehead atoms. The van der Waals surface area contributed by atoms with Crippen LogP contribution in [0.15, 0.2) is 47.5 Å². The van der Waals surface area contributed by atoms with E-state index < -0.39 is 0 Å². The fourth-order valence-corrected chi connectivity index (χ4v) is 2.73. The lowest BCUT2D eigenvalue weighted by atomic mass is 10.2. The third-order valence-electron chi connectivity index (χ3n) is 3.98. The third kappa shape index (κ3) is 3.21. The minimum absolute atomic E-state index is 0.0751. The molecule has 25 heavy (non-hydrogen) atoms. The van der Waals surface area contributed by atoms with Crippen LogP contribution in [0.1, 0.15) is 0 Å². The van der Waals surface area contributed by atoms with Gasteiger partial charge in [0.25, 0.3) is 5.56 Å². The number of carbonyl (C=O) groups excluding carboxylic acids is 1. The number of aromatic nitrogens is 2. The van der Waals surface area contributed by atoms with Gasteiger partial charge in [-0.2, -0.15) is 0 Å². The standard InChI is InChI=1S/C18H19N3O4/c1-20-8-6-12-7-9-21(18(23)17(12)20)11-16(22)19-13-4-5-14(24-2)15(10-13)25-3/h4-10H,11H2,1-3H3,(H,19,22). The van der Waals surface area contributed by atoms with Gasteiger partial charge in [-0.3, -0.25) is 9.59 Å². The zero-order valence-corrected chi connectivity index (χ0v) is 14.3. The number of carbonyl (C=O) groups is 1. The average molecular weight is 341 g/mol. The number of methoxy groups -OCH3 is 2. The molecule has 0 fully saturated rings. The van der Waals surface area contributed by atoms with Crippen LogP contribution >= 0.6 is 0 Å². The first kappa shape index (κ1) is 16.6. The number of pyridine rings is 1. The quantitative estimate of drug-likeness (QED) is 0.770. The van der Waals surface area contributed by atoms with Gasteiger partial charge in [-0.05, 0) is 24.3 Å². The highest BCUT2D eigenvalue weighted by Gasteiger charge is 2.11. The van der Waals surface area contributed by atoms with Crippen molar-refractivity contribution in [2.75, 3.05) is 19.5 Å². The van der Waals surface area contributed by atoms with E-state index >= 15 is 0 Å². The fraction of sp³-hybridized carbons (Fsp3) is 0.222. The largest absolute Gasteiger partial charge is 0.493 e. The highest BCUT2D eigenvalue weighted by Crippen LogP contribution is 2.29. The Balaban J connectivity index is 1.80. The number of fused-ring (bicyclic) bond motifs is 1. The number of benzene rings is 1. The molecule has 3 aromatic rings. The maximum absolute atomic E-state index is 12.5. The molecule has 0 spiro atoms. The summed E-state index contributed by atoms with van der Waals surface area (Å²) >= 11 is 0. The van der Waals surface area contributed by atoms with Gasteiger partial charge >= 0.3 is 0 Å². The predicted octanol–water partition coefficient (Wildman–Crippen LogP) is 2.00. The lowest BCUT2D eigenvalue weighted by Gasteiger charge is -2.11. The number of nitrogens with zero attached hydrogens (tertiary/aromatic N) is 2. The van der Waals surface area contributed by atoms with E-state index in [1.165, 1.54) is 11.7 Å². The Bertz CT molecular complexity index is 988. The molecular weight excluding hydrogens is 322 g/mol. The number of hydrogen-bond donors (Lipinski definition) is 1. The number of hydrogen-bond acceptors (Lipinski definition) is 4. The van der Waals surface area contributed by atoms with Crippen molar-refractivity contribution >= 4 is 22.5 Å². The van der Waals surface area contributed by atoms with E-state index in [1.54, 1.807) is 43.1 Å². The topological polar surface area (TPSA) is 74.5 Å². The molecular formula is C18H19N3O4. The lowest BCUT2D eigenvalue weighted by molar-refractivity contribution is -0.116. The molecule has 7 nitrogen and oxygen atoms in total. The zero-order valence-electron chi connectivity index (χ0n) is 14.3. The number of ether oxygens (including phenoxy) is 2. The van der Waals surface area contributed by atoms with Crippen LogP contribution in [0.3, 0.4) is 0 Å². The molecule has 0 unspecified atom stereocenters. The smallest absolute Gasteiger partial charge is 0.275 e. The van der Waals surface area contributed by atoms with Gasteiger partial charge in [0, 0.05) is 36.6 Å². The van der Waals surface area contributed by atoms with Crippen LogP contribution in [0, 0.1) is 0 Å². The van der Waals surface area contributed by atoms with Crippen molar-refractivity contribution in [1.29, 1.82) is 0 Å². The number of nitrogens with one attached hydrogen (secondary N) is 1. The Hall–Kier alpha value is -3.22. The summed E-state index contributed by atoms with van der Waals surface area (Å²) in [6.07, 6.45) is 3.44. The summed E-state index contributed by atoms with van der Waals surface area (Å²) in [5.41, 5.74) is 0.935. The molecule has 0 aliphatic rings. The minimum Gasteiger partial charge on any atom is -0.493 e. The van der Waals surface area contributed by atoms with Gasteiger partial charge in [-0.15, -0.1) is 0 Å². The third-order valence-corrected chi connectivity index (χ3v) is 3.98. The zero-order chi connectivity index (χ0) is 18.0. The Labute approximate surface area is 144 Å². The van der Waals surface area contributed by atoms with Crippen molar-refractivity contribution in [2.45, 2.75) is 6.54 Å². The van der Waals surface area contributed by atoms with Gasteiger partial charge in [0.15, 0.2) is 11.5 Å². The number of aryl methyl sites for hydroxylation is 1. The molecule has 2 aromatic heterocycles. The molecule has 0 aliphatic carbocycles. The van der Waals surface area contributed by atoms with Crippen LogP contribution < -0.4 is 20.3 Å². The Morgan fingerprint density at radius 1 is 1.08 bits per heavy atom. The molecule has 0 saturated carbocycles. The Kier molecular flexibility index (Phi) is 4.47. The van der Waals surface area contributed by atoms with Gasteiger partial charge in [0.1, 0.15) is 12.1 Å². The van der Waals surface area contributed by atoms with Crippen LogP contribution in [0.4, 0.5) is 5.69 Å². The highest BCUT2D eigenvalue weighted by molar-refractivity contribution is 5.91. The van der Waals surface area contributed by atoms with E-state index in [0.717, 1.165) is 5.39 Å². The van der Waals surface area contributed by atoms with Crippen molar-refractivity contribution in [1.82, 2.24) is 9.13 Å². The highest BCUT2D eigenvalue weighted by atomic mass is 16.5. The minimum atomic E-state index is -0.303. The van der Waals surface area contributed by atoms with E-state index in [9.17, 15) is 9.59 Å². The summed E-state index contributed by atoms with van der Waals surface area (Å²) < 4.78 is 13.5. The summed E-state index contributed by atoms with van der Waals surface area (Å²) in [4.78, 5) is 24.8. The monoisotopic (exact) mass is 341 g/mol. The molecule has 1 amide bonds. The number of anilines is 1. The van der Waals surface area contributed by atoms with E-state index in [0.29, 0.717) is 22.7 Å². The van der Waals surface area contributed by atoms with E-state index in [2.05, 4.69) is 5.32 Å². The van der Waals surface area contributed by atoms with Crippen molar-refractivity contribution in [3.8, 4) is 11.5 Å². The maximum Gasteiger partial charge on any atom is 0.275 e. The molecule has 3 rings (SSSR count). The van der Waals surface area contributed by atoms with Crippen LogP contribution in [0.2, 0.25) is 0 Å². The SMILES string of the molecule is COc1ccc(NC(=O)Cn2ccc3ccn(C)c3c2=O)cc1OC. The molecule has 2 heterocycles. The van der Waals surface area contributed by atoms with Crippen LogP contribution in [-0.4, -0.2) is 29.3 Å². The van der Waals surface area contributed by atoms with E-state index in [1.807, 2.05) is 18.3 Å². The first-order valence-corrected chi connectivity index (χ1v) is 7.70. The van der Waals surface area contributed by atoms with Crippen molar-refractivity contribution < 1.29 is 14.3 Å². The van der Waals surface area contributed by atoms with Crippen molar-refractivity contribution in [3.63, 3.8) is 0 Å². The summed E-state index contributed by atoms with van der Waals surface area (Å²) in [6.45, 7) is -0.0751. The molecule has 0 atom stereocenters. The van der Waals surface area contributed by atoms with Gasteiger partial charge in [-0.1, -0.05) is 0 Å². The normalized spacial score (nSPS) is 10.7. The Morgan fingerprint density at radius 3 is 2.52 bits per heavy atom. The van der Waals surface area contributed by atoms with Gasteiger partial charge in [-0.25, -0.2) is 0 Å². The maximum atomic E-state index is 12.5. The first-order valence-electron chi connectivity index (χ1n) is 7.70. The second-order valence-electron chi connectivity index (χ2n) is 5.60. The number of amides is 1. The number of rotatable bonds is 5.